The Kier molecular flexibility index (Phi) is 6.58. The van der Waals surface area contributed by atoms with E-state index in [0.717, 1.165) is 0 Å². The first-order chi connectivity index (χ1) is 7.93. The van der Waals surface area contributed by atoms with E-state index in [1.54, 1.807) is 25.1 Å². The summed E-state index contributed by atoms with van der Waals surface area (Å²) >= 11 is 0. The van der Waals surface area contributed by atoms with E-state index < -0.39 is 5.97 Å². The van der Waals surface area contributed by atoms with Gasteiger partial charge < -0.3 is 22.4 Å². The van der Waals surface area contributed by atoms with Gasteiger partial charge in [-0.2, -0.15) is 0 Å². The third-order valence-electron chi connectivity index (χ3n) is 2.51. The van der Waals surface area contributed by atoms with Gasteiger partial charge in [0.05, 0.1) is 5.56 Å². The van der Waals surface area contributed by atoms with Crippen LogP contribution < -0.4 is 12.4 Å². The lowest BCUT2D eigenvalue weighted by Crippen LogP contribution is -3.00. The van der Waals surface area contributed by atoms with Gasteiger partial charge in [-0.3, -0.25) is 4.79 Å². The maximum absolute atomic E-state index is 12.1. The summed E-state index contributed by atoms with van der Waals surface area (Å²) in [5.41, 5.74) is 0.359. The number of hydrogen-bond donors (Lipinski definition) is 1. The van der Waals surface area contributed by atoms with Crippen LogP contribution in [0.5, 0.6) is 0 Å². The summed E-state index contributed by atoms with van der Waals surface area (Å²) in [5.74, 6) is -1.41. The first-order valence-electron chi connectivity index (χ1n) is 5.44. The van der Waals surface area contributed by atoms with Gasteiger partial charge in [0.2, 0.25) is 0 Å². The van der Waals surface area contributed by atoms with Crippen LogP contribution in [0.1, 0.15) is 27.6 Å². The molecule has 1 N–H and O–H groups in total. The number of carboxylic acid groups (broad SMARTS) is 1. The average molecular weight is 271 g/mol. The normalized spacial score (nSPS) is 11.8. The molecule has 0 aliphatic rings. The molecule has 0 radical (unpaired) electrons. The van der Waals surface area contributed by atoms with Crippen LogP contribution in [0.3, 0.4) is 0 Å². The van der Waals surface area contributed by atoms with Crippen LogP contribution in [-0.2, 0) is 0 Å². The Balaban J connectivity index is 0.00000289. The van der Waals surface area contributed by atoms with Gasteiger partial charge in [-0.15, -0.1) is 0 Å². The Morgan fingerprint density at radius 3 is 2.17 bits per heavy atom. The Labute approximate surface area is 113 Å². The number of halogens is 1. The third kappa shape index (κ3) is 4.13. The first kappa shape index (κ1) is 16.6. The van der Waals surface area contributed by atoms with E-state index in [4.69, 9.17) is 5.11 Å². The van der Waals surface area contributed by atoms with Crippen molar-refractivity contribution in [2.45, 2.75) is 6.92 Å². The molecule has 0 aliphatic carbocycles. The standard InChI is InChI=1S/C13H17NO3.ClH/c1-9(8-14(2)3)12(15)10-6-4-5-7-11(10)13(16)17;/h4-7,9H,8H2,1-3H3,(H,16,17);1H/p-1. The van der Waals surface area contributed by atoms with Crippen LogP contribution >= 0.6 is 0 Å². The second-order valence-electron chi connectivity index (χ2n) is 4.38. The van der Waals surface area contributed by atoms with Crippen molar-refractivity contribution in [2.24, 2.45) is 5.92 Å². The highest BCUT2D eigenvalue weighted by atomic mass is 35.5. The Bertz CT molecular complexity index is 432. The van der Waals surface area contributed by atoms with E-state index in [0.29, 0.717) is 6.54 Å². The number of benzene rings is 1. The molecule has 1 rings (SSSR count). The quantitative estimate of drug-likeness (QED) is 0.681. The van der Waals surface area contributed by atoms with Gasteiger partial charge in [-0.1, -0.05) is 25.1 Å². The van der Waals surface area contributed by atoms with E-state index in [9.17, 15) is 9.59 Å². The molecule has 5 heteroatoms. The van der Waals surface area contributed by atoms with Gasteiger partial charge in [0.1, 0.15) is 0 Å². The second-order valence-corrected chi connectivity index (χ2v) is 4.38. The van der Waals surface area contributed by atoms with Crippen LogP contribution in [0.2, 0.25) is 0 Å². The Morgan fingerprint density at radius 2 is 1.72 bits per heavy atom. The minimum absolute atomic E-state index is 0. The maximum atomic E-state index is 12.1. The van der Waals surface area contributed by atoms with Crippen molar-refractivity contribution >= 4 is 11.8 Å². The van der Waals surface area contributed by atoms with Crippen LogP contribution in [0.15, 0.2) is 24.3 Å². The molecule has 1 aromatic rings. The van der Waals surface area contributed by atoms with Crippen molar-refractivity contribution in [3.8, 4) is 0 Å². The van der Waals surface area contributed by atoms with Crippen molar-refractivity contribution in [3.05, 3.63) is 35.4 Å². The fourth-order valence-electron chi connectivity index (χ4n) is 1.78. The summed E-state index contributed by atoms with van der Waals surface area (Å²) in [6.45, 7) is 2.41. The fourth-order valence-corrected chi connectivity index (χ4v) is 1.78. The van der Waals surface area contributed by atoms with Gasteiger partial charge >= 0.3 is 5.97 Å². The molecule has 0 bridgehead atoms. The van der Waals surface area contributed by atoms with Gasteiger partial charge in [0.25, 0.3) is 0 Å². The molecule has 1 aromatic carbocycles. The number of ketones is 1. The summed E-state index contributed by atoms with van der Waals surface area (Å²) in [6, 6.07) is 6.33. The highest BCUT2D eigenvalue weighted by Crippen LogP contribution is 2.14. The second kappa shape index (κ2) is 7.13. The number of aromatic carboxylic acids is 1. The molecule has 0 saturated heterocycles. The molecule has 100 valence electrons. The lowest BCUT2D eigenvalue weighted by atomic mass is 9.95. The van der Waals surface area contributed by atoms with Gasteiger partial charge in [0, 0.05) is 18.0 Å². The summed E-state index contributed by atoms with van der Waals surface area (Å²) in [4.78, 5) is 25.0. The van der Waals surface area contributed by atoms with Gasteiger partial charge in [-0.05, 0) is 20.2 Å². The van der Waals surface area contributed by atoms with E-state index in [1.807, 2.05) is 19.0 Å². The lowest BCUT2D eigenvalue weighted by Gasteiger charge is -2.16. The van der Waals surface area contributed by atoms with Crippen molar-refractivity contribution in [3.63, 3.8) is 0 Å². The number of nitrogens with zero attached hydrogens (tertiary/aromatic N) is 1. The molecule has 0 fully saturated rings. The predicted molar refractivity (Wildman–Crippen MR) is 65.4 cm³/mol. The van der Waals surface area contributed by atoms with Crippen molar-refractivity contribution < 1.29 is 27.1 Å². The molecule has 0 amide bonds. The van der Waals surface area contributed by atoms with E-state index in [-0.39, 0.29) is 35.2 Å². The SMILES string of the molecule is CC(CN(C)C)C(=O)c1ccccc1C(=O)O.[Cl-]. The summed E-state index contributed by atoms with van der Waals surface area (Å²) in [6.07, 6.45) is 0. The molecule has 0 heterocycles. The van der Waals surface area contributed by atoms with Gasteiger partial charge in [0.15, 0.2) is 5.78 Å². The van der Waals surface area contributed by atoms with Crippen LogP contribution in [0, 0.1) is 5.92 Å². The smallest absolute Gasteiger partial charge is 0.336 e. The fraction of sp³-hybridized carbons (Fsp3) is 0.385. The van der Waals surface area contributed by atoms with Crippen LogP contribution in [0.4, 0.5) is 0 Å². The molecule has 0 aliphatic heterocycles. The molecule has 0 saturated carbocycles. The average Bonchev–Trinajstić information content (AvgIpc) is 2.27. The summed E-state index contributed by atoms with van der Waals surface area (Å²) in [5, 5.41) is 9.02. The highest BCUT2D eigenvalue weighted by molar-refractivity contribution is 6.06. The number of carboxylic acids is 1. The van der Waals surface area contributed by atoms with Crippen molar-refractivity contribution in [2.75, 3.05) is 20.6 Å². The zero-order valence-corrected chi connectivity index (χ0v) is 11.4. The Hall–Kier alpha value is -1.39. The van der Waals surface area contributed by atoms with E-state index in [1.165, 1.54) is 6.07 Å². The van der Waals surface area contributed by atoms with Crippen LogP contribution in [0.25, 0.3) is 0 Å². The molecule has 1 unspecified atom stereocenters. The lowest BCUT2D eigenvalue weighted by molar-refractivity contribution is -0.0000261. The zero-order valence-electron chi connectivity index (χ0n) is 10.7. The topological polar surface area (TPSA) is 57.6 Å². The summed E-state index contributed by atoms with van der Waals surface area (Å²) in [7, 11) is 3.76. The Morgan fingerprint density at radius 1 is 1.22 bits per heavy atom. The summed E-state index contributed by atoms with van der Waals surface area (Å²) < 4.78 is 0. The number of carbonyl (C=O) groups excluding carboxylic acids is 1. The molecular weight excluding hydrogens is 254 g/mol. The number of carbonyl (C=O) groups is 2. The maximum Gasteiger partial charge on any atom is 0.336 e. The molecule has 0 spiro atoms. The zero-order chi connectivity index (χ0) is 13.0. The molecule has 4 nitrogen and oxygen atoms in total. The molecule has 0 aromatic heterocycles. The monoisotopic (exact) mass is 270 g/mol. The third-order valence-corrected chi connectivity index (χ3v) is 2.51. The van der Waals surface area contributed by atoms with Gasteiger partial charge in [-0.25, -0.2) is 4.79 Å². The predicted octanol–water partition coefficient (Wildman–Crippen LogP) is -1.23. The van der Waals surface area contributed by atoms with Crippen molar-refractivity contribution in [1.82, 2.24) is 4.90 Å². The number of rotatable bonds is 5. The molecular formula is C13H17ClNO3-. The molecule has 18 heavy (non-hydrogen) atoms. The number of hydrogen-bond acceptors (Lipinski definition) is 3. The highest BCUT2D eigenvalue weighted by Gasteiger charge is 2.21. The first-order valence-corrected chi connectivity index (χ1v) is 5.44. The van der Waals surface area contributed by atoms with E-state index in [2.05, 4.69) is 0 Å². The van der Waals surface area contributed by atoms with Crippen molar-refractivity contribution in [1.29, 1.82) is 0 Å². The number of Topliss-reactive ketones (excluding diaryl/α,β-unsaturated/α-hetero) is 1. The largest absolute Gasteiger partial charge is 1.00 e. The molecule has 1 atom stereocenters. The van der Waals surface area contributed by atoms with Crippen LogP contribution in [-0.4, -0.2) is 42.4 Å². The van der Waals surface area contributed by atoms with E-state index >= 15 is 0 Å². The minimum Gasteiger partial charge on any atom is -1.00 e. The minimum atomic E-state index is -1.06.